The Hall–Kier alpha value is -3.69. The monoisotopic (exact) mass is 513 g/mol. The molecule has 5 heterocycles. The minimum absolute atomic E-state index is 0.115. The summed E-state index contributed by atoms with van der Waals surface area (Å²) in [6.07, 6.45) is 9.51. The summed E-state index contributed by atoms with van der Waals surface area (Å²) in [6, 6.07) is 10.2. The van der Waals surface area contributed by atoms with E-state index in [1.54, 1.807) is 34.4 Å². The molecule has 0 aliphatic heterocycles. The van der Waals surface area contributed by atoms with Gasteiger partial charge in [0.1, 0.15) is 0 Å². The minimum atomic E-state index is 0.115. The lowest BCUT2D eigenvalue weighted by molar-refractivity contribution is 0.0975. The maximum Gasteiger partial charge on any atom is 0.165 e. The molecule has 0 aliphatic carbocycles. The molecule has 1 N–H and O–H groups in total. The van der Waals surface area contributed by atoms with Gasteiger partial charge in [-0.1, -0.05) is 19.9 Å². The van der Waals surface area contributed by atoms with Gasteiger partial charge in [0.2, 0.25) is 0 Å². The molecule has 0 fully saturated rings. The van der Waals surface area contributed by atoms with Gasteiger partial charge in [-0.25, -0.2) is 14.5 Å². The molecular formula is C28H31N7OS. The number of ketones is 1. The molecule has 1 atom stereocenters. The number of nitrogens with zero attached hydrogens (tertiary/aromatic N) is 6. The van der Waals surface area contributed by atoms with Gasteiger partial charge >= 0.3 is 0 Å². The van der Waals surface area contributed by atoms with Crippen molar-refractivity contribution >= 4 is 22.8 Å². The van der Waals surface area contributed by atoms with E-state index in [4.69, 9.17) is 9.97 Å². The largest absolute Gasteiger partial charge is 0.301 e. The zero-order chi connectivity index (χ0) is 25.8. The summed E-state index contributed by atoms with van der Waals surface area (Å²) in [5, 5.41) is 13.5. The molecule has 0 unspecified atom stereocenters. The minimum Gasteiger partial charge on any atom is -0.301 e. The zero-order valence-electron chi connectivity index (χ0n) is 21.4. The Morgan fingerprint density at radius 3 is 2.68 bits per heavy atom. The third-order valence-electron chi connectivity index (χ3n) is 6.82. The molecule has 0 spiro atoms. The van der Waals surface area contributed by atoms with E-state index in [9.17, 15) is 4.79 Å². The number of carbonyl (C=O) groups is 1. The van der Waals surface area contributed by atoms with Gasteiger partial charge in [0.25, 0.3) is 0 Å². The second kappa shape index (κ2) is 11.1. The predicted molar refractivity (Wildman–Crippen MR) is 148 cm³/mol. The number of hydrogen-bond acceptors (Lipinski definition) is 7. The third kappa shape index (κ3) is 5.38. The van der Waals surface area contributed by atoms with E-state index in [2.05, 4.69) is 47.0 Å². The summed E-state index contributed by atoms with van der Waals surface area (Å²) in [6.45, 7) is 8.64. The second-order valence-corrected chi connectivity index (χ2v) is 10.1. The Balaban J connectivity index is 1.47. The number of Topliss-reactive ketones (excluding diaryl/α,β-unsaturated/α-hetero) is 1. The summed E-state index contributed by atoms with van der Waals surface area (Å²) in [7, 11) is 0. The number of carbonyl (C=O) groups excluding carboxylic acids is 1. The molecule has 0 aliphatic rings. The molecule has 0 bridgehead atoms. The molecule has 0 saturated carbocycles. The number of hydrogen-bond donors (Lipinski definition) is 1. The van der Waals surface area contributed by atoms with Crippen LogP contribution < -0.4 is 0 Å². The van der Waals surface area contributed by atoms with Crippen molar-refractivity contribution < 1.29 is 4.79 Å². The summed E-state index contributed by atoms with van der Waals surface area (Å²) < 4.78 is 1.74. The first kappa shape index (κ1) is 25.0. The van der Waals surface area contributed by atoms with Crippen LogP contribution in [0.5, 0.6) is 0 Å². The Morgan fingerprint density at radius 2 is 1.95 bits per heavy atom. The number of rotatable bonds is 11. The normalized spacial score (nSPS) is 12.4. The fourth-order valence-electron chi connectivity index (χ4n) is 4.71. The van der Waals surface area contributed by atoms with Crippen molar-refractivity contribution in [3.63, 3.8) is 0 Å². The number of aromatic nitrogens is 6. The van der Waals surface area contributed by atoms with Crippen molar-refractivity contribution in [1.29, 1.82) is 0 Å². The number of nitrogens with one attached hydrogen (secondary N) is 1. The van der Waals surface area contributed by atoms with Crippen molar-refractivity contribution in [1.82, 2.24) is 34.7 Å². The van der Waals surface area contributed by atoms with Crippen molar-refractivity contribution in [3.8, 4) is 33.1 Å². The Bertz CT molecular complexity index is 1470. The maximum absolute atomic E-state index is 13.4. The van der Waals surface area contributed by atoms with Crippen LogP contribution in [0.15, 0.2) is 60.5 Å². The van der Waals surface area contributed by atoms with E-state index in [0.717, 1.165) is 47.6 Å². The van der Waals surface area contributed by atoms with Crippen LogP contribution >= 0.6 is 11.3 Å². The molecule has 0 amide bonds. The zero-order valence-corrected chi connectivity index (χ0v) is 22.2. The summed E-state index contributed by atoms with van der Waals surface area (Å²) in [5.41, 5.74) is 5.21. The highest BCUT2D eigenvalue weighted by Gasteiger charge is 2.18. The molecular weight excluding hydrogens is 482 g/mol. The van der Waals surface area contributed by atoms with Crippen LogP contribution in [0.4, 0.5) is 0 Å². The molecule has 190 valence electrons. The predicted octanol–water partition coefficient (Wildman–Crippen LogP) is 5.99. The van der Waals surface area contributed by atoms with Crippen LogP contribution in [0.3, 0.4) is 0 Å². The van der Waals surface area contributed by atoms with Gasteiger partial charge in [0.05, 0.1) is 39.9 Å². The van der Waals surface area contributed by atoms with E-state index < -0.39 is 0 Å². The number of thiophene rings is 1. The topological polar surface area (TPSA) is 92.1 Å². The van der Waals surface area contributed by atoms with Gasteiger partial charge in [-0.15, -0.1) is 11.3 Å². The number of pyridine rings is 1. The van der Waals surface area contributed by atoms with Crippen molar-refractivity contribution in [2.45, 2.75) is 46.1 Å². The van der Waals surface area contributed by atoms with Gasteiger partial charge in [-0.2, -0.15) is 10.2 Å². The highest BCUT2D eigenvalue weighted by Crippen LogP contribution is 2.30. The Labute approximate surface area is 220 Å². The van der Waals surface area contributed by atoms with Crippen LogP contribution in [0, 0.1) is 0 Å². The van der Waals surface area contributed by atoms with E-state index >= 15 is 0 Å². The maximum atomic E-state index is 13.4. The standard InChI is InChI=1S/C28H31N7OS/c1-4-34(5-2)19(3)8-6-9-26(36)20-14-24(21-16-29-30-17-21)32-25(15-20)22-18-31-35-12-11-23(33-28(22)35)27-10-7-13-37-27/h7,10-19H,4-6,8-9H2,1-3H3,(H,29,30)/t19-/m0/s1. The van der Waals surface area contributed by atoms with Crippen molar-refractivity contribution in [3.05, 3.63) is 66.1 Å². The number of aromatic amines is 1. The molecule has 5 aromatic rings. The molecule has 5 rings (SSSR count). The van der Waals surface area contributed by atoms with Crippen LogP contribution in [0.1, 0.15) is 50.4 Å². The van der Waals surface area contributed by atoms with Crippen LogP contribution in [0.25, 0.3) is 38.7 Å². The van der Waals surface area contributed by atoms with Crippen molar-refractivity contribution in [2.24, 2.45) is 0 Å². The molecule has 8 nitrogen and oxygen atoms in total. The molecule has 0 aromatic carbocycles. The van der Waals surface area contributed by atoms with Crippen LogP contribution in [-0.2, 0) is 0 Å². The summed E-state index contributed by atoms with van der Waals surface area (Å²) >= 11 is 1.64. The van der Waals surface area contributed by atoms with Gasteiger partial charge < -0.3 is 4.90 Å². The van der Waals surface area contributed by atoms with Gasteiger partial charge in [0, 0.05) is 36.0 Å². The SMILES string of the molecule is CCN(CC)[C@@H](C)CCCC(=O)c1cc(-c2cn[nH]c2)nc(-c2cnn3ccc(-c4cccs4)nc23)c1. The quantitative estimate of drug-likeness (QED) is 0.218. The first-order chi connectivity index (χ1) is 18.1. The molecule has 0 radical (unpaired) electrons. The van der Waals surface area contributed by atoms with Crippen molar-refractivity contribution in [2.75, 3.05) is 13.1 Å². The van der Waals surface area contributed by atoms with Crippen LogP contribution in [0.2, 0.25) is 0 Å². The van der Waals surface area contributed by atoms with E-state index in [-0.39, 0.29) is 5.78 Å². The summed E-state index contributed by atoms with van der Waals surface area (Å²) in [4.78, 5) is 26.6. The van der Waals surface area contributed by atoms with E-state index in [0.29, 0.717) is 35.1 Å². The Morgan fingerprint density at radius 1 is 1.11 bits per heavy atom. The fraction of sp³-hybridized carbons (Fsp3) is 0.321. The summed E-state index contributed by atoms with van der Waals surface area (Å²) in [5.74, 6) is 0.115. The lowest BCUT2D eigenvalue weighted by atomic mass is 10.0. The van der Waals surface area contributed by atoms with Gasteiger partial charge in [-0.05, 0) is 62.5 Å². The average Bonchev–Trinajstić information content (AvgIpc) is 3.70. The van der Waals surface area contributed by atoms with E-state index in [1.807, 2.05) is 35.8 Å². The lowest BCUT2D eigenvalue weighted by Gasteiger charge is -2.26. The first-order valence-corrected chi connectivity index (χ1v) is 13.6. The van der Waals surface area contributed by atoms with Gasteiger partial charge in [-0.3, -0.25) is 9.89 Å². The highest BCUT2D eigenvalue weighted by molar-refractivity contribution is 7.13. The molecule has 0 saturated heterocycles. The fourth-order valence-corrected chi connectivity index (χ4v) is 5.41. The third-order valence-corrected chi connectivity index (χ3v) is 7.71. The lowest BCUT2D eigenvalue weighted by Crippen LogP contribution is -2.32. The number of fused-ring (bicyclic) bond motifs is 1. The van der Waals surface area contributed by atoms with Crippen LogP contribution in [-0.4, -0.2) is 59.6 Å². The molecule has 37 heavy (non-hydrogen) atoms. The average molecular weight is 514 g/mol. The highest BCUT2D eigenvalue weighted by atomic mass is 32.1. The number of H-pyrrole nitrogens is 1. The first-order valence-electron chi connectivity index (χ1n) is 12.7. The van der Waals surface area contributed by atoms with E-state index in [1.165, 1.54) is 0 Å². The smallest absolute Gasteiger partial charge is 0.165 e. The molecule has 9 heteroatoms. The van der Waals surface area contributed by atoms with Gasteiger partial charge in [0.15, 0.2) is 11.4 Å². The second-order valence-electron chi connectivity index (χ2n) is 9.12. The molecule has 5 aromatic heterocycles. The Kier molecular flexibility index (Phi) is 7.52.